The fourth-order valence-electron chi connectivity index (χ4n) is 3.68. The first-order chi connectivity index (χ1) is 13.4. The second kappa shape index (κ2) is 9.65. The number of hydrogen-bond acceptors (Lipinski definition) is 4. The van der Waals surface area contributed by atoms with Gasteiger partial charge in [0.05, 0.1) is 6.61 Å². The van der Waals surface area contributed by atoms with Crippen LogP contribution in [-0.4, -0.2) is 37.5 Å². The Morgan fingerprint density at radius 3 is 2.54 bits per heavy atom. The molecule has 2 heterocycles. The summed E-state index contributed by atoms with van der Waals surface area (Å²) in [5.74, 6) is 1.14. The molecule has 28 heavy (non-hydrogen) atoms. The average molecular weight is 414 g/mol. The van der Waals surface area contributed by atoms with Gasteiger partial charge in [-0.05, 0) is 61.6 Å². The van der Waals surface area contributed by atoms with Gasteiger partial charge in [-0.3, -0.25) is 0 Å². The molecule has 3 nitrogen and oxygen atoms in total. The molecule has 0 radical (unpaired) electrons. The minimum absolute atomic E-state index is 0.236. The molecule has 3 rings (SSSR count). The number of benzene rings is 1. The summed E-state index contributed by atoms with van der Waals surface area (Å²) in [5, 5.41) is 2.11. The van der Waals surface area contributed by atoms with Gasteiger partial charge >= 0.3 is 6.36 Å². The Hall–Kier alpha value is -1.73. The van der Waals surface area contributed by atoms with Crippen LogP contribution in [0.2, 0.25) is 0 Å². The number of unbranched alkanes of at least 4 members (excludes halogenated alkanes) is 1. The summed E-state index contributed by atoms with van der Waals surface area (Å²) < 4.78 is 46.7. The van der Waals surface area contributed by atoms with Gasteiger partial charge in [0.2, 0.25) is 0 Å². The number of alkyl halides is 3. The molecule has 0 unspecified atom stereocenters. The molecule has 0 saturated carbocycles. The van der Waals surface area contributed by atoms with Crippen LogP contribution in [-0.2, 0) is 0 Å². The molecule has 1 aromatic carbocycles. The predicted octanol–water partition coefficient (Wildman–Crippen LogP) is 5.93. The monoisotopic (exact) mass is 413 g/mol. The maximum Gasteiger partial charge on any atom is 0.573 e. The number of nitrogens with zero attached hydrogens (tertiary/aromatic N) is 1. The molecule has 0 amide bonds. The number of likely N-dealkylation sites (tertiary alicyclic amines) is 1. The third-order valence-electron chi connectivity index (χ3n) is 5.08. The van der Waals surface area contributed by atoms with Crippen LogP contribution in [0.5, 0.6) is 11.5 Å². The standard InChI is InChI=1S/C21H26F3NO2S/c1-2-3-11-25-12-10-19(20-5-4-13-28-20)16(14-25)15-26-17-6-8-18(9-7-17)27-21(22,23)24/h4-9,13,16,19H,2-3,10-12,14-15H2,1H3/t16-,19+/m0/s1. The minimum atomic E-state index is -4.68. The molecule has 1 aliphatic rings. The Morgan fingerprint density at radius 1 is 1.14 bits per heavy atom. The zero-order chi connectivity index (χ0) is 20.0. The van der Waals surface area contributed by atoms with E-state index in [1.54, 1.807) is 11.3 Å². The Bertz CT molecular complexity index is 703. The van der Waals surface area contributed by atoms with Crippen molar-refractivity contribution in [3.63, 3.8) is 0 Å². The Labute approximate surface area is 168 Å². The summed E-state index contributed by atoms with van der Waals surface area (Å²) in [7, 11) is 0. The Balaban J connectivity index is 1.61. The van der Waals surface area contributed by atoms with E-state index in [0.717, 1.165) is 26.1 Å². The molecule has 154 valence electrons. The summed E-state index contributed by atoms with van der Waals surface area (Å²) in [6.45, 7) is 5.93. The van der Waals surface area contributed by atoms with Crippen LogP contribution >= 0.6 is 11.3 Å². The maximum atomic E-state index is 12.3. The van der Waals surface area contributed by atoms with E-state index in [-0.39, 0.29) is 5.75 Å². The fourth-order valence-corrected chi connectivity index (χ4v) is 4.64. The first-order valence-electron chi connectivity index (χ1n) is 9.69. The predicted molar refractivity (Wildman–Crippen MR) is 105 cm³/mol. The van der Waals surface area contributed by atoms with Crippen molar-refractivity contribution in [3.8, 4) is 11.5 Å². The minimum Gasteiger partial charge on any atom is -0.493 e. The van der Waals surface area contributed by atoms with Gasteiger partial charge < -0.3 is 14.4 Å². The van der Waals surface area contributed by atoms with Crippen molar-refractivity contribution in [2.75, 3.05) is 26.2 Å². The highest BCUT2D eigenvalue weighted by Gasteiger charge is 2.32. The molecule has 2 atom stereocenters. The van der Waals surface area contributed by atoms with Crippen LogP contribution in [0.1, 0.15) is 37.0 Å². The van der Waals surface area contributed by atoms with Crippen molar-refractivity contribution in [3.05, 3.63) is 46.7 Å². The number of rotatable bonds is 8. The molecule has 1 fully saturated rings. The van der Waals surface area contributed by atoms with Gasteiger partial charge in [0.15, 0.2) is 0 Å². The van der Waals surface area contributed by atoms with E-state index < -0.39 is 6.36 Å². The first kappa shape index (κ1) is 21.0. The van der Waals surface area contributed by atoms with Gasteiger partial charge in [-0.25, -0.2) is 0 Å². The summed E-state index contributed by atoms with van der Waals surface area (Å²) >= 11 is 1.78. The quantitative estimate of drug-likeness (QED) is 0.535. The van der Waals surface area contributed by atoms with Crippen molar-refractivity contribution in [2.45, 2.75) is 38.5 Å². The molecule has 0 N–H and O–H groups in total. The van der Waals surface area contributed by atoms with Gasteiger partial charge in [0.1, 0.15) is 11.5 Å². The molecular formula is C21H26F3NO2S. The lowest BCUT2D eigenvalue weighted by molar-refractivity contribution is -0.274. The summed E-state index contributed by atoms with van der Waals surface area (Å²) in [6.07, 6.45) is -1.20. The highest BCUT2D eigenvalue weighted by Crippen LogP contribution is 2.36. The van der Waals surface area contributed by atoms with Gasteiger partial charge in [0.25, 0.3) is 0 Å². The molecule has 0 bridgehead atoms. The number of halogens is 3. The van der Waals surface area contributed by atoms with E-state index in [1.807, 2.05) is 0 Å². The second-order valence-corrected chi connectivity index (χ2v) is 8.13. The topological polar surface area (TPSA) is 21.7 Å². The smallest absolute Gasteiger partial charge is 0.493 e. The molecule has 1 saturated heterocycles. The highest BCUT2D eigenvalue weighted by molar-refractivity contribution is 7.10. The number of piperidine rings is 1. The Kier molecular flexibility index (Phi) is 7.24. The summed E-state index contributed by atoms with van der Waals surface area (Å²) in [5.41, 5.74) is 0. The molecule has 2 aromatic rings. The lowest BCUT2D eigenvalue weighted by Gasteiger charge is -2.38. The SMILES string of the molecule is CCCCN1CC[C@@H](c2cccs2)[C@H](COc2ccc(OC(F)(F)F)cc2)C1. The van der Waals surface area contributed by atoms with Gasteiger partial charge in [0, 0.05) is 23.3 Å². The number of ether oxygens (including phenoxy) is 2. The van der Waals surface area contributed by atoms with Crippen LogP contribution < -0.4 is 9.47 Å². The molecule has 1 aliphatic heterocycles. The van der Waals surface area contributed by atoms with E-state index in [4.69, 9.17) is 4.74 Å². The number of hydrogen-bond donors (Lipinski definition) is 0. The lowest BCUT2D eigenvalue weighted by Crippen LogP contribution is -2.42. The van der Waals surface area contributed by atoms with Crippen LogP contribution in [0.25, 0.3) is 0 Å². The zero-order valence-electron chi connectivity index (χ0n) is 16.0. The van der Waals surface area contributed by atoms with Crippen LogP contribution in [0.15, 0.2) is 41.8 Å². The van der Waals surface area contributed by atoms with Gasteiger partial charge in [-0.15, -0.1) is 24.5 Å². The van der Waals surface area contributed by atoms with Crippen molar-refractivity contribution in [2.24, 2.45) is 5.92 Å². The molecule has 7 heteroatoms. The van der Waals surface area contributed by atoms with Gasteiger partial charge in [-0.1, -0.05) is 19.4 Å². The van der Waals surface area contributed by atoms with E-state index in [9.17, 15) is 13.2 Å². The third-order valence-corrected chi connectivity index (χ3v) is 6.08. The van der Waals surface area contributed by atoms with Crippen molar-refractivity contribution in [1.29, 1.82) is 0 Å². The highest BCUT2D eigenvalue weighted by atomic mass is 32.1. The zero-order valence-corrected chi connectivity index (χ0v) is 16.8. The maximum absolute atomic E-state index is 12.3. The van der Waals surface area contributed by atoms with Crippen molar-refractivity contribution >= 4 is 11.3 Å². The van der Waals surface area contributed by atoms with Crippen LogP contribution in [0.3, 0.4) is 0 Å². The number of thiophene rings is 1. The van der Waals surface area contributed by atoms with E-state index in [2.05, 4.69) is 34.1 Å². The van der Waals surface area contributed by atoms with Crippen LogP contribution in [0.4, 0.5) is 13.2 Å². The normalized spacial score (nSPS) is 20.9. The van der Waals surface area contributed by atoms with E-state index in [1.165, 1.54) is 42.0 Å². The largest absolute Gasteiger partial charge is 0.573 e. The van der Waals surface area contributed by atoms with Crippen molar-refractivity contribution < 1.29 is 22.6 Å². The van der Waals surface area contributed by atoms with Crippen molar-refractivity contribution in [1.82, 2.24) is 4.90 Å². The third kappa shape index (κ3) is 6.14. The molecule has 1 aromatic heterocycles. The average Bonchev–Trinajstić information content (AvgIpc) is 3.19. The Morgan fingerprint density at radius 2 is 1.89 bits per heavy atom. The van der Waals surface area contributed by atoms with E-state index in [0.29, 0.717) is 24.2 Å². The first-order valence-corrected chi connectivity index (χ1v) is 10.6. The second-order valence-electron chi connectivity index (χ2n) is 7.16. The molecular weight excluding hydrogens is 387 g/mol. The van der Waals surface area contributed by atoms with E-state index >= 15 is 0 Å². The molecule has 0 spiro atoms. The molecule has 0 aliphatic carbocycles. The fraction of sp³-hybridized carbons (Fsp3) is 0.524. The van der Waals surface area contributed by atoms with Crippen LogP contribution in [0, 0.1) is 5.92 Å². The lowest BCUT2D eigenvalue weighted by atomic mass is 9.84. The summed E-state index contributed by atoms with van der Waals surface area (Å²) in [4.78, 5) is 3.89. The van der Waals surface area contributed by atoms with Gasteiger partial charge in [-0.2, -0.15) is 0 Å². The summed E-state index contributed by atoms with van der Waals surface area (Å²) in [6, 6.07) is 9.90.